The first-order valence-corrected chi connectivity index (χ1v) is 10.3. The van der Waals surface area contributed by atoms with Crippen LogP contribution in [0.15, 0.2) is 48.5 Å². The molecule has 1 heterocycles. The number of para-hydroxylation sites is 1. The van der Waals surface area contributed by atoms with Gasteiger partial charge in [-0.2, -0.15) is 0 Å². The van der Waals surface area contributed by atoms with Gasteiger partial charge in [0.1, 0.15) is 5.75 Å². The van der Waals surface area contributed by atoms with Crippen LogP contribution in [0.1, 0.15) is 43.9 Å². The molecular formula is C24H30N2O3. The summed E-state index contributed by atoms with van der Waals surface area (Å²) in [6.45, 7) is 7.31. The molecule has 3 rings (SSSR count). The standard InChI is InChI=1S/C24H30N2O3/c1-5-25(6-2)24(28)20-15-16-22(27)26(18-13-11-17(3)12-14-18)23(20)19-9-7-8-10-21(19)29-4/h7-14,20,23H,5-6,15-16H2,1-4H3. The fraction of sp³-hybridized carbons (Fsp3) is 0.417. The second-order valence-electron chi connectivity index (χ2n) is 7.44. The highest BCUT2D eigenvalue weighted by molar-refractivity contribution is 5.97. The fourth-order valence-corrected chi connectivity index (χ4v) is 4.20. The summed E-state index contributed by atoms with van der Waals surface area (Å²) in [4.78, 5) is 30.2. The fourth-order valence-electron chi connectivity index (χ4n) is 4.20. The number of hydrogen-bond acceptors (Lipinski definition) is 3. The third kappa shape index (κ3) is 4.14. The summed E-state index contributed by atoms with van der Waals surface area (Å²) in [6.07, 6.45) is 0.899. The molecule has 0 spiro atoms. The SMILES string of the molecule is CCN(CC)C(=O)C1CCC(=O)N(c2ccc(C)cc2)C1c1ccccc1OC. The third-order valence-electron chi connectivity index (χ3n) is 5.76. The van der Waals surface area contributed by atoms with E-state index in [0.29, 0.717) is 31.7 Å². The van der Waals surface area contributed by atoms with Crippen LogP contribution in [-0.4, -0.2) is 36.9 Å². The van der Waals surface area contributed by atoms with Gasteiger partial charge >= 0.3 is 0 Å². The second-order valence-corrected chi connectivity index (χ2v) is 7.44. The molecule has 5 nitrogen and oxygen atoms in total. The molecule has 2 atom stereocenters. The Morgan fingerprint density at radius 1 is 1.10 bits per heavy atom. The monoisotopic (exact) mass is 394 g/mol. The Kier molecular flexibility index (Phi) is 6.57. The first kappa shape index (κ1) is 20.9. The Hall–Kier alpha value is -2.82. The van der Waals surface area contributed by atoms with Crippen molar-refractivity contribution in [1.29, 1.82) is 0 Å². The number of carbonyl (C=O) groups excluding carboxylic acids is 2. The van der Waals surface area contributed by atoms with E-state index < -0.39 is 6.04 Å². The van der Waals surface area contributed by atoms with Crippen LogP contribution in [0.3, 0.4) is 0 Å². The van der Waals surface area contributed by atoms with Crippen molar-refractivity contribution in [3.05, 3.63) is 59.7 Å². The molecule has 2 amide bonds. The quantitative estimate of drug-likeness (QED) is 0.732. The molecule has 2 aromatic rings. The van der Waals surface area contributed by atoms with Crippen LogP contribution in [0.4, 0.5) is 5.69 Å². The summed E-state index contributed by atoms with van der Waals surface area (Å²) in [5, 5.41) is 0. The summed E-state index contributed by atoms with van der Waals surface area (Å²) in [7, 11) is 1.63. The Labute approximate surface area is 173 Å². The molecule has 1 aliphatic heterocycles. The van der Waals surface area contributed by atoms with E-state index in [1.54, 1.807) is 12.0 Å². The normalized spacial score (nSPS) is 19.2. The maximum absolute atomic E-state index is 13.4. The lowest BCUT2D eigenvalue weighted by Crippen LogP contribution is -2.49. The smallest absolute Gasteiger partial charge is 0.228 e. The lowest BCUT2D eigenvalue weighted by atomic mass is 9.82. The molecule has 0 aliphatic carbocycles. The number of rotatable bonds is 6. The lowest BCUT2D eigenvalue weighted by Gasteiger charge is -2.42. The third-order valence-corrected chi connectivity index (χ3v) is 5.76. The molecule has 154 valence electrons. The van der Waals surface area contributed by atoms with E-state index in [2.05, 4.69) is 0 Å². The van der Waals surface area contributed by atoms with Gasteiger partial charge < -0.3 is 14.5 Å². The summed E-state index contributed by atoms with van der Waals surface area (Å²) in [5.41, 5.74) is 2.81. The summed E-state index contributed by atoms with van der Waals surface area (Å²) in [5.74, 6) is 0.510. The molecule has 5 heteroatoms. The number of anilines is 1. The highest BCUT2D eigenvalue weighted by atomic mass is 16.5. The maximum atomic E-state index is 13.4. The number of hydrogen-bond donors (Lipinski definition) is 0. The molecule has 0 bridgehead atoms. The largest absolute Gasteiger partial charge is 0.496 e. The van der Waals surface area contributed by atoms with Crippen LogP contribution < -0.4 is 9.64 Å². The molecule has 2 unspecified atom stereocenters. The van der Waals surface area contributed by atoms with E-state index in [1.165, 1.54) is 0 Å². The molecule has 0 radical (unpaired) electrons. The topological polar surface area (TPSA) is 49.9 Å². The van der Waals surface area contributed by atoms with Crippen molar-refractivity contribution in [2.75, 3.05) is 25.1 Å². The van der Waals surface area contributed by atoms with E-state index in [1.807, 2.05) is 74.2 Å². The Balaban J connectivity index is 2.15. The van der Waals surface area contributed by atoms with Crippen molar-refractivity contribution >= 4 is 17.5 Å². The molecule has 0 saturated carbocycles. The van der Waals surface area contributed by atoms with Crippen LogP contribution in [0.25, 0.3) is 0 Å². The molecular weight excluding hydrogens is 364 g/mol. The van der Waals surface area contributed by atoms with E-state index in [9.17, 15) is 9.59 Å². The molecule has 1 fully saturated rings. The predicted molar refractivity (Wildman–Crippen MR) is 115 cm³/mol. The molecule has 1 saturated heterocycles. The Bertz CT molecular complexity index is 859. The highest BCUT2D eigenvalue weighted by Crippen LogP contribution is 2.43. The highest BCUT2D eigenvalue weighted by Gasteiger charge is 2.43. The molecule has 2 aromatic carbocycles. The van der Waals surface area contributed by atoms with Crippen molar-refractivity contribution < 1.29 is 14.3 Å². The van der Waals surface area contributed by atoms with Crippen molar-refractivity contribution in [3.63, 3.8) is 0 Å². The Morgan fingerprint density at radius 3 is 2.38 bits per heavy atom. The zero-order valence-electron chi connectivity index (χ0n) is 17.7. The summed E-state index contributed by atoms with van der Waals surface area (Å²) < 4.78 is 5.62. The summed E-state index contributed by atoms with van der Waals surface area (Å²) >= 11 is 0. The van der Waals surface area contributed by atoms with Gasteiger partial charge in [0, 0.05) is 30.8 Å². The van der Waals surface area contributed by atoms with Crippen LogP contribution >= 0.6 is 0 Å². The zero-order valence-corrected chi connectivity index (χ0v) is 17.7. The van der Waals surface area contributed by atoms with Crippen LogP contribution in [-0.2, 0) is 9.59 Å². The van der Waals surface area contributed by atoms with Crippen molar-refractivity contribution in [1.82, 2.24) is 4.90 Å². The number of aryl methyl sites for hydroxylation is 1. The van der Waals surface area contributed by atoms with Gasteiger partial charge in [0.05, 0.1) is 19.1 Å². The van der Waals surface area contributed by atoms with Gasteiger partial charge in [-0.3, -0.25) is 9.59 Å². The van der Waals surface area contributed by atoms with Gasteiger partial charge in [-0.1, -0.05) is 35.9 Å². The molecule has 0 N–H and O–H groups in total. The van der Waals surface area contributed by atoms with Gasteiger partial charge in [0.2, 0.25) is 11.8 Å². The molecule has 1 aliphatic rings. The number of methoxy groups -OCH3 is 1. The van der Waals surface area contributed by atoms with Crippen molar-refractivity contribution in [2.24, 2.45) is 5.92 Å². The van der Waals surface area contributed by atoms with Crippen LogP contribution in [0.5, 0.6) is 5.75 Å². The number of carbonyl (C=O) groups is 2. The zero-order chi connectivity index (χ0) is 21.0. The second kappa shape index (κ2) is 9.12. The summed E-state index contributed by atoms with van der Waals surface area (Å²) in [6, 6.07) is 15.2. The van der Waals surface area contributed by atoms with E-state index in [0.717, 1.165) is 16.8 Å². The lowest BCUT2D eigenvalue weighted by molar-refractivity contribution is -0.138. The number of piperidine rings is 1. The van der Waals surface area contributed by atoms with Gasteiger partial charge in [0.25, 0.3) is 0 Å². The van der Waals surface area contributed by atoms with Crippen LogP contribution in [0, 0.1) is 12.8 Å². The first-order valence-electron chi connectivity index (χ1n) is 10.3. The minimum absolute atomic E-state index is 0.0355. The van der Waals surface area contributed by atoms with Crippen LogP contribution in [0.2, 0.25) is 0 Å². The average Bonchev–Trinajstić information content (AvgIpc) is 2.75. The average molecular weight is 395 g/mol. The van der Waals surface area contributed by atoms with Gasteiger partial charge in [-0.25, -0.2) is 0 Å². The van der Waals surface area contributed by atoms with Crippen molar-refractivity contribution in [3.8, 4) is 5.75 Å². The Morgan fingerprint density at radius 2 is 1.76 bits per heavy atom. The van der Waals surface area contributed by atoms with Crippen molar-refractivity contribution in [2.45, 2.75) is 39.7 Å². The predicted octanol–water partition coefficient (Wildman–Crippen LogP) is 4.36. The number of ether oxygens (including phenoxy) is 1. The number of amides is 2. The van der Waals surface area contributed by atoms with E-state index in [4.69, 9.17) is 4.74 Å². The number of benzene rings is 2. The molecule has 0 aromatic heterocycles. The maximum Gasteiger partial charge on any atom is 0.228 e. The van der Waals surface area contributed by atoms with Gasteiger partial charge in [0.15, 0.2) is 0 Å². The van der Waals surface area contributed by atoms with Gasteiger partial charge in [-0.15, -0.1) is 0 Å². The van der Waals surface area contributed by atoms with E-state index >= 15 is 0 Å². The van der Waals surface area contributed by atoms with E-state index in [-0.39, 0.29) is 17.7 Å². The van der Waals surface area contributed by atoms with Gasteiger partial charge in [-0.05, 0) is 45.4 Å². The first-order chi connectivity index (χ1) is 14.0. The molecule has 29 heavy (non-hydrogen) atoms. The number of nitrogens with zero attached hydrogens (tertiary/aromatic N) is 2. The minimum Gasteiger partial charge on any atom is -0.496 e. The minimum atomic E-state index is -0.400.